The van der Waals surface area contributed by atoms with Crippen LogP contribution in [0.25, 0.3) is 11.3 Å². The van der Waals surface area contributed by atoms with E-state index in [1.807, 2.05) is 0 Å². The van der Waals surface area contributed by atoms with Gasteiger partial charge in [-0.3, -0.25) is 4.98 Å². The van der Waals surface area contributed by atoms with Crippen LogP contribution in [0.15, 0.2) is 30.3 Å². The van der Waals surface area contributed by atoms with Crippen LogP contribution in [0.3, 0.4) is 0 Å². The topological polar surface area (TPSA) is 12.9 Å². The first-order valence-corrected chi connectivity index (χ1v) is 5.60. The van der Waals surface area contributed by atoms with Crippen LogP contribution >= 0.6 is 0 Å². The molecule has 0 aliphatic carbocycles. The number of hydrogen-bond acceptors (Lipinski definition) is 1. The molecule has 82 valence electrons. The van der Waals surface area contributed by atoms with E-state index in [1.54, 1.807) is 0 Å². The minimum Gasteiger partial charge on any atom is -0.253 e. The summed E-state index contributed by atoms with van der Waals surface area (Å²) >= 11 is 0. The Hall–Kier alpha value is -1.63. The van der Waals surface area contributed by atoms with Gasteiger partial charge in [0.15, 0.2) is 0 Å². The minimum absolute atomic E-state index is 1.07. The van der Waals surface area contributed by atoms with Crippen molar-refractivity contribution in [2.75, 3.05) is 0 Å². The molecule has 1 heterocycles. The fourth-order valence-corrected chi connectivity index (χ4v) is 1.77. The lowest BCUT2D eigenvalue weighted by Gasteiger charge is -2.08. The molecule has 0 amide bonds. The van der Waals surface area contributed by atoms with Crippen LogP contribution in [0.2, 0.25) is 0 Å². The summed E-state index contributed by atoms with van der Waals surface area (Å²) in [6.45, 7) is 8.43. The van der Waals surface area contributed by atoms with Crippen LogP contribution in [0.4, 0.5) is 0 Å². The van der Waals surface area contributed by atoms with Crippen molar-refractivity contribution in [1.82, 2.24) is 4.98 Å². The van der Waals surface area contributed by atoms with Gasteiger partial charge in [-0.25, -0.2) is 0 Å². The second-order valence-electron chi connectivity index (χ2n) is 4.40. The zero-order chi connectivity index (χ0) is 11.7. The first kappa shape index (κ1) is 10.9. The van der Waals surface area contributed by atoms with Crippen molar-refractivity contribution in [2.24, 2.45) is 0 Å². The third-order valence-corrected chi connectivity index (χ3v) is 3.12. The molecular weight excluding hydrogens is 194 g/mol. The van der Waals surface area contributed by atoms with Crippen LogP contribution in [-0.4, -0.2) is 4.98 Å². The van der Waals surface area contributed by atoms with Gasteiger partial charge >= 0.3 is 0 Å². The van der Waals surface area contributed by atoms with Crippen LogP contribution in [-0.2, 0) is 0 Å². The van der Waals surface area contributed by atoms with Gasteiger partial charge < -0.3 is 0 Å². The van der Waals surface area contributed by atoms with E-state index in [1.165, 1.54) is 22.3 Å². The highest BCUT2D eigenvalue weighted by Gasteiger charge is 2.04. The van der Waals surface area contributed by atoms with Crippen molar-refractivity contribution in [3.8, 4) is 11.3 Å². The van der Waals surface area contributed by atoms with Crippen LogP contribution in [0.1, 0.15) is 22.4 Å². The summed E-state index contributed by atoms with van der Waals surface area (Å²) in [5.41, 5.74) is 7.26. The largest absolute Gasteiger partial charge is 0.253 e. The summed E-state index contributed by atoms with van der Waals surface area (Å²) in [4.78, 5) is 4.63. The van der Waals surface area contributed by atoms with Gasteiger partial charge in [-0.1, -0.05) is 29.8 Å². The molecule has 1 heteroatoms. The fourth-order valence-electron chi connectivity index (χ4n) is 1.77. The molecule has 0 saturated heterocycles. The van der Waals surface area contributed by atoms with Gasteiger partial charge in [0, 0.05) is 11.3 Å². The zero-order valence-corrected chi connectivity index (χ0v) is 10.3. The average molecular weight is 211 g/mol. The summed E-state index contributed by atoms with van der Waals surface area (Å²) in [7, 11) is 0. The molecule has 0 aliphatic rings. The molecule has 16 heavy (non-hydrogen) atoms. The minimum atomic E-state index is 1.07. The number of hydrogen-bond donors (Lipinski definition) is 0. The molecular formula is C15H17N. The molecule has 0 N–H and O–H groups in total. The van der Waals surface area contributed by atoms with Crippen molar-refractivity contribution in [1.29, 1.82) is 0 Å². The maximum atomic E-state index is 4.63. The van der Waals surface area contributed by atoms with Crippen molar-refractivity contribution in [2.45, 2.75) is 27.7 Å². The average Bonchev–Trinajstić information content (AvgIpc) is 2.26. The van der Waals surface area contributed by atoms with Crippen LogP contribution < -0.4 is 0 Å². The quantitative estimate of drug-likeness (QED) is 0.695. The third-order valence-electron chi connectivity index (χ3n) is 3.12. The summed E-state index contributed by atoms with van der Waals surface area (Å²) in [6.07, 6.45) is 0. The number of rotatable bonds is 1. The van der Waals surface area contributed by atoms with Gasteiger partial charge in [-0.15, -0.1) is 0 Å². The van der Waals surface area contributed by atoms with Gasteiger partial charge in [0.1, 0.15) is 0 Å². The lowest BCUT2D eigenvalue weighted by Crippen LogP contribution is -1.94. The molecule has 0 unspecified atom stereocenters. The first-order chi connectivity index (χ1) is 7.58. The molecule has 0 spiro atoms. The van der Waals surface area contributed by atoms with Gasteiger partial charge in [-0.2, -0.15) is 0 Å². The third kappa shape index (κ3) is 1.99. The molecule has 0 atom stereocenters. The Morgan fingerprint density at radius 2 is 1.50 bits per heavy atom. The maximum Gasteiger partial charge on any atom is 0.0708 e. The van der Waals surface area contributed by atoms with Crippen molar-refractivity contribution in [3.63, 3.8) is 0 Å². The lowest BCUT2D eigenvalue weighted by atomic mass is 10.0. The normalized spacial score (nSPS) is 10.5. The van der Waals surface area contributed by atoms with E-state index in [0.29, 0.717) is 0 Å². The highest BCUT2D eigenvalue weighted by molar-refractivity contribution is 5.61. The molecule has 0 bridgehead atoms. The van der Waals surface area contributed by atoms with E-state index in [-0.39, 0.29) is 0 Å². The van der Waals surface area contributed by atoms with Crippen molar-refractivity contribution < 1.29 is 0 Å². The molecule has 0 fully saturated rings. The summed E-state index contributed by atoms with van der Waals surface area (Å²) in [5, 5.41) is 0. The number of benzene rings is 1. The summed E-state index contributed by atoms with van der Waals surface area (Å²) in [6, 6.07) is 10.7. The Bertz CT molecular complexity index is 486. The molecule has 1 aromatic heterocycles. The van der Waals surface area contributed by atoms with E-state index in [2.05, 4.69) is 63.0 Å². The van der Waals surface area contributed by atoms with Crippen LogP contribution in [0, 0.1) is 27.7 Å². The Labute approximate surface area is 97.2 Å². The predicted octanol–water partition coefficient (Wildman–Crippen LogP) is 3.98. The Morgan fingerprint density at radius 1 is 0.875 bits per heavy atom. The number of pyridine rings is 1. The van der Waals surface area contributed by atoms with Crippen LogP contribution in [0.5, 0.6) is 0 Å². The number of aryl methyl sites for hydroxylation is 3. The molecule has 0 aliphatic heterocycles. The SMILES string of the molecule is Cc1ccc(-c2cc(C)c(C)c(C)n2)cc1. The standard InChI is InChI=1S/C15H17N/c1-10-5-7-14(8-6-10)15-9-11(2)12(3)13(4)16-15/h5-9H,1-4H3. The second kappa shape index (κ2) is 4.09. The molecule has 2 rings (SSSR count). The molecule has 2 aromatic rings. The Kier molecular flexibility index (Phi) is 2.78. The molecule has 1 nitrogen and oxygen atoms in total. The number of aromatic nitrogens is 1. The monoisotopic (exact) mass is 211 g/mol. The van der Waals surface area contributed by atoms with E-state index >= 15 is 0 Å². The van der Waals surface area contributed by atoms with Gasteiger partial charge in [0.2, 0.25) is 0 Å². The summed E-state index contributed by atoms with van der Waals surface area (Å²) < 4.78 is 0. The second-order valence-corrected chi connectivity index (χ2v) is 4.40. The molecule has 1 aromatic carbocycles. The van der Waals surface area contributed by atoms with E-state index in [9.17, 15) is 0 Å². The highest BCUT2D eigenvalue weighted by atomic mass is 14.7. The van der Waals surface area contributed by atoms with Crippen molar-refractivity contribution >= 4 is 0 Å². The molecule has 0 saturated carbocycles. The first-order valence-electron chi connectivity index (χ1n) is 5.60. The highest BCUT2D eigenvalue weighted by Crippen LogP contribution is 2.21. The smallest absolute Gasteiger partial charge is 0.0708 e. The lowest BCUT2D eigenvalue weighted by molar-refractivity contribution is 1.12. The Morgan fingerprint density at radius 3 is 2.06 bits per heavy atom. The summed E-state index contributed by atoms with van der Waals surface area (Å²) in [5.74, 6) is 0. The zero-order valence-electron chi connectivity index (χ0n) is 10.3. The fraction of sp³-hybridized carbons (Fsp3) is 0.267. The van der Waals surface area contributed by atoms with Crippen molar-refractivity contribution in [3.05, 3.63) is 52.7 Å². The van der Waals surface area contributed by atoms with E-state index in [4.69, 9.17) is 0 Å². The number of nitrogens with zero attached hydrogens (tertiary/aromatic N) is 1. The Balaban J connectivity index is 2.52. The maximum absolute atomic E-state index is 4.63. The van der Waals surface area contributed by atoms with Gasteiger partial charge in [0.05, 0.1) is 5.69 Å². The van der Waals surface area contributed by atoms with Gasteiger partial charge in [-0.05, 0) is 44.9 Å². The van der Waals surface area contributed by atoms with E-state index < -0.39 is 0 Å². The van der Waals surface area contributed by atoms with Gasteiger partial charge in [0.25, 0.3) is 0 Å². The van der Waals surface area contributed by atoms with E-state index in [0.717, 1.165) is 11.4 Å². The molecule has 0 radical (unpaired) electrons. The predicted molar refractivity (Wildman–Crippen MR) is 68.6 cm³/mol.